The number of rotatable bonds is 6. The lowest BCUT2D eigenvalue weighted by Gasteiger charge is -2.14. The van der Waals surface area contributed by atoms with Crippen molar-refractivity contribution < 1.29 is 9.47 Å². The number of benzene rings is 2. The van der Waals surface area contributed by atoms with E-state index in [0.29, 0.717) is 27.8 Å². The summed E-state index contributed by atoms with van der Waals surface area (Å²) in [6.07, 6.45) is 1.37. The van der Waals surface area contributed by atoms with Gasteiger partial charge in [0.15, 0.2) is 17.2 Å². The molecule has 3 rings (SSSR count). The Bertz CT molecular complexity index is 1250. The molecule has 2 aromatic carbocycles. The molecule has 0 saturated carbocycles. The van der Waals surface area contributed by atoms with Crippen molar-refractivity contribution in [3.63, 3.8) is 0 Å². The number of hydrogen-bond acceptors (Lipinski definition) is 5. The monoisotopic (exact) mass is 408 g/mol. The lowest BCUT2D eigenvalue weighted by Crippen LogP contribution is -2.30. The Labute approximate surface area is 170 Å². The first-order chi connectivity index (χ1) is 14.0. The first-order valence-corrected chi connectivity index (χ1v) is 8.69. The van der Waals surface area contributed by atoms with E-state index < -0.39 is 11.2 Å². The second kappa shape index (κ2) is 8.79. The van der Waals surface area contributed by atoms with Crippen LogP contribution in [0.4, 0.5) is 5.69 Å². The normalized spacial score (nSPS) is 10.0. The van der Waals surface area contributed by atoms with E-state index in [1.54, 1.807) is 18.2 Å². The third-order valence-electron chi connectivity index (χ3n) is 3.77. The van der Waals surface area contributed by atoms with Gasteiger partial charge in [-0.25, -0.2) is 9.64 Å². The van der Waals surface area contributed by atoms with Crippen LogP contribution < -0.4 is 20.7 Å². The number of ether oxygens (including phenoxy) is 2. The number of nitrogens with one attached hydrogen (secondary N) is 1. The summed E-state index contributed by atoms with van der Waals surface area (Å²) in [5, 5.41) is 9.41. The molecule has 0 unspecified atom stereocenters. The van der Waals surface area contributed by atoms with Crippen molar-refractivity contribution >= 4 is 17.3 Å². The SMILES string of the molecule is [C-]#[N+]c1ccc(Oc2cc(Cl)cc(C#N)c2)c(OCCn2ccc(=O)[nH]c2=O)c1. The molecule has 0 aliphatic rings. The van der Waals surface area contributed by atoms with E-state index >= 15 is 0 Å². The molecule has 29 heavy (non-hydrogen) atoms. The van der Waals surface area contributed by atoms with Gasteiger partial charge in [0.2, 0.25) is 0 Å². The lowest BCUT2D eigenvalue weighted by atomic mass is 10.2. The minimum atomic E-state index is -0.546. The molecule has 1 N–H and O–H groups in total. The predicted molar refractivity (Wildman–Crippen MR) is 106 cm³/mol. The Morgan fingerprint density at radius 1 is 1.17 bits per heavy atom. The molecule has 9 heteroatoms. The van der Waals surface area contributed by atoms with Crippen LogP contribution in [-0.2, 0) is 6.54 Å². The average molecular weight is 409 g/mol. The highest BCUT2D eigenvalue weighted by molar-refractivity contribution is 6.30. The molecule has 0 atom stereocenters. The molecule has 0 radical (unpaired) electrons. The number of halogens is 1. The van der Waals surface area contributed by atoms with Crippen LogP contribution >= 0.6 is 11.6 Å². The number of nitrogens with zero attached hydrogens (tertiary/aromatic N) is 3. The molecule has 0 aliphatic carbocycles. The van der Waals surface area contributed by atoms with Crippen molar-refractivity contribution in [3.8, 4) is 23.3 Å². The van der Waals surface area contributed by atoms with Gasteiger partial charge in [0.05, 0.1) is 24.7 Å². The number of aromatic nitrogens is 2. The average Bonchev–Trinajstić information content (AvgIpc) is 2.70. The molecule has 0 spiro atoms. The minimum absolute atomic E-state index is 0.0861. The fourth-order valence-corrected chi connectivity index (χ4v) is 2.68. The van der Waals surface area contributed by atoms with Gasteiger partial charge < -0.3 is 9.47 Å². The molecular weight excluding hydrogens is 396 g/mol. The minimum Gasteiger partial charge on any atom is -0.489 e. The van der Waals surface area contributed by atoms with Crippen LogP contribution in [0, 0.1) is 17.9 Å². The number of hydrogen-bond donors (Lipinski definition) is 1. The van der Waals surface area contributed by atoms with Crippen LogP contribution in [0.1, 0.15) is 5.56 Å². The highest BCUT2D eigenvalue weighted by atomic mass is 35.5. The fourth-order valence-electron chi connectivity index (χ4n) is 2.45. The smallest absolute Gasteiger partial charge is 0.328 e. The standard InChI is InChI=1S/C20H13ClN4O4/c1-23-15-2-3-17(29-16-9-13(12-22)8-14(21)10-16)18(11-15)28-7-6-25-5-4-19(26)24-20(25)27/h2-5,8-11H,6-7H2,(H,24,26,27). The molecule has 0 aliphatic heterocycles. The Hall–Kier alpha value is -4.01. The second-order valence-corrected chi connectivity index (χ2v) is 6.22. The molecule has 0 saturated heterocycles. The summed E-state index contributed by atoms with van der Waals surface area (Å²) < 4.78 is 12.8. The summed E-state index contributed by atoms with van der Waals surface area (Å²) in [6.45, 7) is 7.43. The van der Waals surface area contributed by atoms with Crippen LogP contribution in [0.15, 0.2) is 58.3 Å². The number of H-pyrrole nitrogens is 1. The number of nitriles is 1. The van der Waals surface area contributed by atoms with Crippen LogP contribution in [0.5, 0.6) is 17.2 Å². The van der Waals surface area contributed by atoms with Crippen molar-refractivity contribution in [2.75, 3.05) is 6.61 Å². The highest BCUT2D eigenvalue weighted by Gasteiger charge is 2.10. The van der Waals surface area contributed by atoms with Crippen molar-refractivity contribution in [2.24, 2.45) is 0 Å². The van der Waals surface area contributed by atoms with Crippen molar-refractivity contribution in [2.45, 2.75) is 6.54 Å². The van der Waals surface area contributed by atoms with Crippen LogP contribution in [0.2, 0.25) is 5.02 Å². The molecule has 1 aromatic heterocycles. The van der Waals surface area contributed by atoms with Crippen molar-refractivity contribution in [1.82, 2.24) is 9.55 Å². The fraction of sp³-hybridized carbons (Fsp3) is 0.100. The van der Waals surface area contributed by atoms with Crippen molar-refractivity contribution in [3.05, 3.63) is 91.5 Å². The third kappa shape index (κ3) is 5.04. The molecule has 0 fully saturated rings. The van der Waals surface area contributed by atoms with Gasteiger partial charge in [0.1, 0.15) is 12.4 Å². The van der Waals surface area contributed by atoms with Gasteiger partial charge in [-0.15, -0.1) is 0 Å². The van der Waals surface area contributed by atoms with E-state index in [4.69, 9.17) is 32.9 Å². The van der Waals surface area contributed by atoms with E-state index in [1.165, 1.54) is 35.0 Å². The van der Waals surface area contributed by atoms with E-state index in [1.807, 2.05) is 6.07 Å². The van der Waals surface area contributed by atoms with E-state index in [-0.39, 0.29) is 18.9 Å². The zero-order chi connectivity index (χ0) is 20.8. The molecular formula is C20H13ClN4O4. The predicted octanol–water partition coefficient (Wildman–Crippen LogP) is 3.48. The molecule has 3 aromatic rings. The quantitative estimate of drug-likeness (QED) is 0.629. The Morgan fingerprint density at radius 2 is 2.00 bits per heavy atom. The van der Waals surface area contributed by atoms with Crippen LogP contribution in [0.25, 0.3) is 4.85 Å². The van der Waals surface area contributed by atoms with Gasteiger partial charge in [0, 0.05) is 17.3 Å². The first kappa shape index (κ1) is 19.7. The second-order valence-electron chi connectivity index (χ2n) is 5.78. The Balaban J connectivity index is 1.81. The zero-order valence-electron chi connectivity index (χ0n) is 14.9. The zero-order valence-corrected chi connectivity index (χ0v) is 15.6. The Kier molecular flexibility index (Phi) is 5.98. The van der Waals surface area contributed by atoms with E-state index in [9.17, 15) is 9.59 Å². The maximum atomic E-state index is 11.7. The van der Waals surface area contributed by atoms with Gasteiger partial charge in [0.25, 0.3) is 5.56 Å². The summed E-state index contributed by atoms with van der Waals surface area (Å²) in [6, 6.07) is 12.5. The largest absolute Gasteiger partial charge is 0.489 e. The van der Waals surface area contributed by atoms with Crippen LogP contribution in [0.3, 0.4) is 0 Å². The molecule has 144 valence electrons. The van der Waals surface area contributed by atoms with Gasteiger partial charge in [-0.3, -0.25) is 14.3 Å². The molecule has 1 heterocycles. The summed E-state index contributed by atoms with van der Waals surface area (Å²) in [7, 11) is 0. The van der Waals surface area contributed by atoms with Crippen LogP contribution in [-0.4, -0.2) is 16.2 Å². The topological polar surface area (TPSA) is 101 Å². The maximum Gasteiger partial charge on any atom is 0.328 e. The highest BCUT2D eigenvalue weighted by Crippen LogP contribution is 2.36. The lowest BCUT2D eigenvalue weighted by molar-refractivity contribution is 0.283. The Morgan fingerprint density at radius 3 is 2.72 bits per heavy atom. The molecule has 0 bridgehead atoms. The molecule has 8 nitrogen and oxygen atoms in total. The van der Waals surface area contributed by atoms with Gasteiger partial charge in [-0.05, 0) is 30.3 Å². The molecule has 0 amide bonds. The van der Waals surface area contributed by atoms with Gasteiger partial charge >= 0.3 is 5.69 Å². The van der Waals surface area contributed by atoms with Gasteiger partial charge in [-0.1, -0.05) is 17.7 Å². The summed E-state index contributed by atoms with van der Waals surface area (Å²) in [4.78, 5) is 28.4. The van der Waals surface area contributed by atoms with Crippen molar-refractivity contribution in [1.29, 1.82) is 5.26 Å². The maximum absolute atomic E-state index is 11.7. The van der Waals surface area contributed by atoms with E-state index in [0.717, 1.165) is 0 Å². The summed E-state index contributed by atoms with van der Waals surface area (Å²) in [5.74, 6) is 0.943. The van der Waals surface area contributed by atoms with E-state index in [2.05, 4.69) is 9.83 Å². The summed E-state index contributed by atoms with van der Waals surface area (Å²) >= 11 is 6.00. The third-order valence-corrected chi connectivity index (χ3v) is 3.99. The van der Waals surface area contributed by atoms with Gasteiger partial charge in [-0.2, -0.15) is 5.26 Å². The number of aromatic amines is 1. The first-order valence-electron chi connectivity index (χ1n) is 8.31. The summed E-state index contributed by atoms with van der Waals surface area (Å²) in [5.41, 5.74) is -0.344.